The van der Waals surface area contributed by atoms with Crippen molar-refractivity contribution in [2.75, 3.05) is 13.2 Å². The van der Waals surface area contributed by atoms with E-state index in [4.69, 9.17) is 9.47 Å². The van der Waals surface area contributed by atoms with E-state index in [0.717, 1.165) is 5.56 Å². The van der Waals surface area contributed by atoms with E-state index in [1.54, 1.807) is 36.4 Å². The van der Waals surface area contributed by atoms with Gasteiger partial charge in [-0.3, -0.25) is 24.5 Å². The van der Waals surface area contributed by atoms with Gasteiger partial charge in [0.25, 0.3) is 11.2 Å². The molecular formula is C22H16N4O6. The number of hydrogen-bond donors (Lipinski definition) is 1. The van der Waals surface area contributed by atoms with Gasteiger partial charge in [0.1, 0.15) is 18.9 Å². The Kier molecular flexibility index (Phi) is 4.66. The number of benzene rings is 2. The van der Waals surface area contributed by atoms with Crippen LogP contribution in [-0.2, 0) is 6.54 Å². The SMILES string of the molecule is O=c1[nH]c(=O)n(Cc2ccc3c(c2)OCCO3)c2nccc(-c3cccc([N+](=O)[O-])c3)c12. The van der Waals surface area contributed by atoms with Gasteiger partial charge >= 0.3 is 5.69 Å². The number of pyridine rings is 1. The van der Waals surface area contributed by atoms with Crippen molar-refractivity contribution in [3.8, 4) is 22.6 Å². The van der Waals surface area contributed by atoms with Gasteiger partial charge in [-0.05, 0) is 34.9 Å². The molecule has 0 aliphatic carbocycles. The quantitative estimate of drug-likeness (QED) is 0.387. The van der Waals surface area contributed by atoms with Crippen LogP contribution in [0.15, 0.2) is 64.3 Å². The van der Waals surface area contributed by atoms with E-state index in [0.29, 0.717) is 35.8 Å². The first-order valence-electron chi connectivity index (χ1n) is 9.76. The Morgan fingerprint density at radius 3 is 2.69 bits per heavy atom. The molecule has 32 heavy (non-hydrogen) atoms. The van der Waals surface area contributed by atoms with Crippen molar-refractivity contribution in [2.45, 2.75) is 6.54 Å². The van der Waals surface area contributed by atoms with Crippen LogP contribution in [0.5, 0.6) is 11.5 Å². The van der Waals surface area contributed by atoms with Crippen molar-refractivity contribution in [1.82, 2.24) is 14.5 Å². The molecule has 0 saturated carbocycles. The number of fused-ring (bicyclic) bond motifs is 2. The largest absolute Gasteiger partial charge is 0.486 e. The van der Waals surface area contributed by atoms with E-state index in [-0.39, 0.29) is 23.3 Å². The highest BCUT2D eigenvalue weighted by molar-refractivity contribution is 5.92. The summed E-state index contributed by atoms with van der Waals surface area (Å²) in [6, 6.07) is 12.9. The van der Waals surface area contributed by atoms with E-state index in [1.165, 1.54) is 22.9 Å². The zero-order chi connectivity index (χ0) is 22.2. The molecule has 4 aromatic rings. The molecule has 2 aromatic carbocycles. The van der Waals surface area contributed by atoms with E-state index in [1.807, 2.05) is 0 Å². The topological polar surface area (TPSA) is 129 Å². The lowest BCUT2D eigenvalue weighted by atomic mass is 10.0. The fourth-order valence-electron chi connectivity index (χ4n) is 3.75. The van der Waals surface area contributed by atoms with Crippen molar-refractivity contribution >= 4 is 16.7 Å². The number of hydrogen-bond acceptors (Lipinski definition) is 7. The maximum Gasteiger partial charge on any atom is 0.330 e. The normalized spacial score (nSPS) is 12.6. The van der Waals surface area contributed by atoms with Crippen molar-refractivity contribution in [2.24, 2.45) is 0 Å². The molecule has 0 unspecified atom stereocenters. The van der Waals surface area contributed by atoms with Gasteiger partial charge in [0, 0.05) is 18.3 Å². The molecule has 0 fully saturated rings. The van der Waals surface area contributed by atoms with Crippen LogP contribution >= 0.6 is 0 Å². The average Bonchev–Trinajstić information content (AvgIpc) is 2.81. The van der Waals surface area contributed by atoms with Gasteiger partial charge in [0.15, 0.2) is 11.5 Å². The van der Waals surface area contributed by atoms with E-state index >= 15 is 0 Å². The maximum atomic E-state index is 12.7. The van der Waals surface area contributed by atoms with Gasteiger partial charge in [-0.25, -0.2) is 9.78 Å². The molecular weight excluding hydrogens is 416 g/mol. The van der Waals surface area contributed by atoms with Crippen LogP contribution in [-0.4, -0.2) is 32.7 Å². The molecule has 160 valence electrons. The summed E-state index contributed by atoms with van der Waals surface area (Å²) in [5, 5.41) is 11.4. The van der Waals surface area contributed by atoms with Crippen LogP contribution in [0.2, 0.25) is 0 Å². The molecule has 1 aliphatic rings. The third kappa shape index (κ3) is 3.37. The summed E-state index contributed by atoms with van der Waals surface area (Å²) >= 11 is 0. The molecule has 10 heteroatoms. The van der Waals surface area contributed by atoms with Crippen molar-refractivity contribution in [3.63, 3.8) is 0 Å². The van der Waals surface area contributed by atoms with Gasteiger partial charge in [-0.2, -0.15) is 0 Å². The second-order valence-electron chi connectivity index (χ2n) is 7.19. The summed E-state index contributed by atoms with van der Waals surface area (Å²) in [7, 11) is 0. The molecule has 0 radical (unpaired) electrons. The number of rotatable bonds is 4. The molecule has 10 nitrogen and oxygen atoms in total. The van der Waals surface area contributed by atoms with Crippen LogP contribution in [0, 0.1) is 10.1 Å². The lowest BCUT2D eigenvalue weighted by Gasteiger charge is -2.19. The minimum Gasteiger partial charge on any atom is -0.486 e. The lowest BCUT2D eigenvalue weighted by Crippen LogP contribution is -2.31. The number of nitro benzene ring substituents is 1. The monoisotopic (exact) mass is 432 g/mol. The summed E-state index contributed by atoms with van der Waals surface area (Å²) in [6.07, 6.45) is 1.47. The van der Waals surface area contributed by atoms with E-state index in [9.17, 15) is 19.7 Å². The van der Waals surface area contributed by atoms with E-state index in [2.05, 4.69) is 9.97 Å². The number of ether oxygens (including phenoxy) is 2. The smallest absolute Gasteiger partial charge is 0.330 e. The first-order chi connectivity index (χ1) is 15.5. The minimum atomic E-state index is -0.613. The number of nitro groups is 1. The van der Waals surface area contributed by atoms with Gasteiger partial charge in [-0.15, -0.1) is 0 Å². The zero-order valence-corrected chi connectivity index (χ0v) is 16.6. The number of non-ortho nitro benzene ring substituents is 1. The summed E-state index contributed by atoms with van der Waals surface area (Å²) < 4.78 is 12.5. The third-order valence-electron chi connectivity index (χ3n) is 5.19. The van der Waals surface area contributed by atoms with Crippen LogP contribution in [0.1, 0.15) is 5.56 Å². The molecule has 0 atom stereocenters. The maximum absolute atomic E-state index is 12.7. The minimum absolute atomic E-state index is 0.103. The molecule has 3 heterocycles. The summed E-state index contributed by atoms with van der Waals surface area (Å²) in [4.78, 5) is 42.7. The Hall–Kier alpha value is -4.47. The highest BCUT2D eigenvalue weighted by Crippen LogP contribution is 2.31. The van der Waals surface area contributed by atoms with Crippen LogP contribution in [0.25, 0.3) is 22.2 Å². The molecule has 2 aromatic heterocycles. The summed E-state index contributed by atoms with van der Waals surface area (Å²) in [5.74, 6) is 1.21. The molecule has 0 spiro atoms. The first kappa shape index (κ1) is 19.5. The fourth-order valence-corrected chi connectivity index (χ4v) is 3.75. The Labute approximate surface area is 179 Å². The fraction of sp³-hybridized carbons (Fsp3) is 0.136. The van der Waals surface area contributed by atoms with Crippen molar-refractivity contribution < 1.29 is 14.4 Å². The van der Waals surface area contributed by atoms with E-state index < -0.39 is 16.2 Å². The second-order valence-corrected chi connectivity index (χ2v) is 7.19. The summed E-state index contributed by atoms with van der Waals surface area (Å²) in [5.41, 5.74) is 0.523. The Morgan fingerprint density at radius 2 is 1.88 bits per heavy atom. The van der Waals surface area contributed by atoms with Crippen LogP contribution in [0.4, 0.5) is 5.69 Å². The lowest BCUT2D eigenvalue weighted by molar-refractivity contribution is -0.384. The number of H-pyrrole nitrogens is 1. The van der Waals surface area contributed by atoms with Gasteiger partial charge < -0.3 is 9.47 Å². The molecule has 5 rings (SSSR count). The van der Waals surface area contributed by atoms with Crippen LogP contribution < -0.4 is 20.7 Å². The highest BCUT2D eigenvalue weighted by atomic mass is 16.6. The Morgan fingerprint density at radius 1 is 1.06 bits per heavy atom. The average molecular weight is 432 g/mol. The van der Waals surface area contributed by atoms with Crippen molar-refractivity contribution in [3.05, 3.63) is 91.2 Å². The van der Waals surface area contributed by atoms with Gasteiger partial charge in [-0.1, -0.05) is 18.2 Å². The molecule has 1 N–H and O–H groups in total. The number of aromatic nitrogens is 3. The predicted octanol–water partition coefficient (Wildman–Crippen LogP) is 2.48. The molecule has 0 bridgehead atoms. The zero-order valence-electron chi connectivity index (χ0n) is 16.6. The molecule has 1 aliphatic heterocycles. The Bertz CT molecular complexity index is 1490. The number of nitrogens with zero attached hydrogens (tertiary/aromatic N) is 3. The van der Waals surface area contributed by atoms with Gasteiger partial charge in [0.2, 0.25) is 0 Å². The predicted molar refractivity (Wildman–Crippen MR) is 115 cm³/mol. The number of aromatic amines is 1. The number of nitrogens with one attached hydrogen (secondary N) is 1. The highest BCUT2D eigenvalue weighted by Gasteiger charge is 2.17. The summed E-state index contributed by atoms with van der Waals surface area (Å²) in [6.45, 7) is 1.04. The standard InChI is InChI=1S/C22H16N4O6/c27-21-19-16(14-2-1-3-15(11-14)26(29)30)6-7-23-20(19)25(22(28)24-21)12-13-4-5-17-18(10-13)32-9-8-31-17/h1-7,10-11H,8-9,12H2,(H,24,27,28). The third-order valence-corrected chi connectivity index (χ3v) is 5.19. The molecule has 0 amide bonds. The molecule has 0 saturated heterocycles. The second kappa shape index (κ2) is 7.65. The first-order valence-corrected chi connectivity index (χ1v) is 9.76. The van der Waals surface area contributed by atoms with Crippen LogP contribution in [0.3, 0.4) is 0 Å². The van der Waals surface area contributed by atoms with Gasteiger partial charge in [0.05, 0.1) is 16.9 Å². The van der Waals surface area contributed by atoms with Crippen molar-refractivity contribution in [1.29, 1.82) is 0 Å². The Balaban J connectivity index is 1.66.